The van der Waals surface area contributed by atoms with E-state index in [1.807, 2.05) is 23.6 Å². The van der Waals surface area contributed by atoms with Gasteiger partial charge in [-0.15, -0.1) is 11.3 Å². The molecule has 1 atom stereocenters. The van der Waals surface area contributed by atoms with Crippen LogP contribution in [0.5, 0.6) is 0 Å². The first-order valence-electron chi connectivity index (χ1n) is 7.78. The molecule has 2 fully saturated rings. The molecule has 4 rings (SSSR count). The molecule has 22 heavy (non-hydrogen) atoms. The van der Waals surface area contributed by atoms with E-state index in [1.54, 1.807) is 11.3 Å². The van der Waals surface area contributed by atoms with Crippen LogP contribution < -0.4 is 5.32 Å². The van der Waals surface area contributed by atoms with Gasteiger partial charge in [0, 0.05) is 16.5 Å². The van der Waals surface area contributed by atoms with E-state index >= 15 is 0 Å². The molecule has 2 saturated carbocycles. The van der Waals surface area contributed by atoms with Gasteiger partial charge >= 0.3 is 0 Å². The standard InChI is InChI=1S/C16H19N3O2S/c20-11-6-10(7-11)15(14-2-1-5-22-14)17-16(21)13-8-12(18-19-13)9-3-4-9/h1-2,5,8-11,15,20H,3-4,6-7H2,(H,17,21)(H,18,19)/t10?,11?,15-/m1/s1. The van der Waals surface area contributed by atoms with Crippen LogP contribution in [0.2, 0.25) is 0 Å². The summed E-state index contributed by atoms with van der Waals surface area (Å²) in [7, 11) is 0. The number of aromatic amines is 1. The van der Waals surface area contributed by atoms with Crippen molar-refractivity contribution in [1.82, 2.24) is 15.5 Å². The Hall–Kier alpha value is -1.66. The summed E-state index contributed by atoms with van der Waals surface area (Å²) >= 11 is 1.64. The number of rotatable bonds is 5. The number of aliphatic hydroxyl groups is 1. The van der Waals surface area contributed by atoms with E-state index in [9.17, 15) is 9.90 Å². The van der Waals surface area contributed by atoms with Gasteiger partial charge in [-0.1, -0.05) is 6.07 Å². The van der Waals surface area contributed by atoms with Crippen LogP contribution in [0.4, 0.5) is 0 Å². The quantitative estimate of drug-likeness (QED) is 0.793. The Morgan fingerprint density at radius 1 is 1.45 bits per heavy atom. The minimum atomic E-state index is -0.226. The third-order valence-electron chi connectivity index (χ3n) is 4.60. The van der Waals surface area contributed by atoms with Gasteiger partial charge in [0.25, 0.3) is 5.91 Å². The Bertz CT molecular complexity index is 657. The van der Waals surface area contributed by atoms with Crippen LogP contribution in [0, 0.1) is 5.92 Å². The number of thiophene rings is 1. The second kappa shape index (κ2) is 5.52. The molecule has 0 saturated heterocycles. The van der Waals surface area contributed by atoms with E-state index in [2.05, 4.69) is 15.5 Å². The average Bonchev–Trinajstić information content (AvgIpc) is 3.01. The van der Waals surface area contributed by atoms with Crippen LogP contribution in [0.25, 0.3) is 0 Å². The van der Waals surface area contributed by atoms with E-state index in [0.717, 1.165) is 23.4 Å². The lowest BCUT2D eigenvalue weighted by Gasteiger charge is -2.37. The Morgan fingerprint density at radius 3 is 2.91 bits per heavy atom. The van der Waals surface area contributed by atoms with Crippen molar-refractivity contribution in [3.05, 3.63) is 39.8 Å². The molecule has 116 valence electrons. The first-order valence-corrected chi connectivity index (χ1v) is 8.66. The summed E-state index contributed by atoms with van der Waals surface area (Å²) < 4.78 is 0. The largest absolute Gasteiger partial charge is 0.393 e. The number of carbonyl (C=O) groups is 1. The Balaban J connectivity index is 1.49. The normalized spacial score (nSPS) is 25.5. The molecule has 2 aliphatic rings. The monoisotopic (exact) mass is 317 g/mol. The zero-order valence-electron chi connectivity index (χ0n) is 12.2. The molecule has 0 aliphatic heterocycles. The highest BCUT2D eigenvalue weighted by molar-refractivity contribution is 7.10. The molecule has 1 amide bonds. The summed E-state index contributed by atoms with van der Waals surface area (Å²) in [5.74, 6) is 0.728. The molecule has 3 N–H and O–H groups in total. The van der Waals surface area contributed by atoms with Crippen molar-refractivity contribution in [2.45, 2.75) is 43.7 Å². The molecule has 2 heterocycles. The van der Waals surface area contributed by atoms with Gasteiger partial charge in [0.05, 0.1) is 12.1 Å². The van der Waals surface area contributed by atoms with Gasteiger partial charge in [0.15, 0.2) is 0 Å². The highest BCUT2D eigenvalue weighted by atomic mass is 32.1. The van der Waals surface area contributed by atoms with E-state index < -0.39 is 0 Å². The highest BCUT2D eigenvalue weighted by Crippen LogP contribution is 2.40. The molecule has 2 aliphatic carbocycles. The number of nitrogens with one attached hydrogen (secondary N) is 2. The van der Waals surface area contributed by atoms with Crippen LogP contribution in [-0.4, -0.2) is 27.3 Å². The second-order valence-electron chi connectivity index (χ2n) is 6.33. The summed E-state index contributed by atoms with van der Waals surface area (Å²) in [5, 5.41) is 21.8. The van der Waals surface area contributed by atoms with Crippen LogP contribution in [-0.2, 0) is 0 Å². The smallest absolute Gasteiger partial charge is 0.272 e. The second-order valence-corrected chi connectivity index (χ2v) is 7.31. The van der Waals surface area contributed by atoms with Crippen molar-refractivity contribution < 1.29 is 9.90 Å². The first-order chi connectivity index (χ1) is 10.7. The summed E-state index contributed by atoms with van der Waals surface area (Å²) in [6, 6.07) is 5.87. The topological polar surface area (TPSA) is 78.0 Å². The van der Waals surface area contributed by atoms with Gasteiger partial charge in [-0.25, -0.2) is 0 Å². The molecule has 0 bridgehead atoms. The minimum absolute atomic E-state index is 0.0306. The van der Waals surface area contributed by atoms with Crippen molar-refractivity contribution in [3.63, 3.8) is 0 Å². The number of amides is 1. The minimum Gasteiger partial charge on any atom is -0.393 e. The summed E-state index contributed by atoms with van der Waals surface area (Å²) in [6.45, 7) is 0. The number of hydrogen-bond acceptors (Lipinski definition) is 4. The van der Waals surface area contributed by atoms with E-state index in [-0.39, 0.29) is 18.1 Å². The maximum absolute atomic E-state index is 12.5. The molecule has 5 nitrogen and oxygen atoms in total. The van der Waals surface area contributed by atoms with Crippen LogP contribution in [0.15, 0.2) is 23.6 Å². The maximum Gasteiger partial charge on any atom is 0.272 e. The molecular weight excluding hydrogens is 298 g/mol. The van der Waals surface area contributed by atoms with E-state index in [1.165, 1.54) is 12.8 Å². The fraction of sp³-hybridized carbons (Fsp3) is 0.500. The number of nitrogens with zero attached hydrogens (tertiary/aromatic N) is 1. The summed E-state index contributed by atoms with van der Waals surface area (Å²) in [4.78, 5) is 13.6. The summed E-state index contributed by atoms with van der Waals surface area (Å²) in [6.07, 6.45) is 3.63. The number of carbonyl (C=O) groups excluding carboxylic acids is 1. The fourth-order valence-corrected chi connectivity index (χ4v) is 3.93. The highest BCUT2D eigenvalue weighted by Gasteiger charge is 2.36. The molecule has 0 radical (unpaired) electrons. The van der Waals surface area contributed by atoms with Crippen molar-refractivity contribution in [1.29, 1.82) is 0 Å². The van der Waals surface area contributed by atoms with Gasteiger partial charge in [0.2, 0.25) is 0 Å². The third-order valence-corrected chi connectivity index (χ3v) is 5.56. The number of hydrogen-bond donors (Lipinski definition) is 3. The van der Waals surface area contributed by atoms with Crippen molar-refractivity contribution in [3.8, 4) is 0 Å². The van der Waals surface area contributed by atoms with Gasteiger partial charge in [-0.3, -0.25) is 9.89 Å². The lowest BCUT2D eigenvalue weighted by atomic mass is 9.76. The lowest BCUT2D eigenvalue weighted by molar-refractivity contribution is 0.0240. The molecular formula is C16H19N3O2S. The zero-order valence-corrected chi connectivity index (χ0v) is 13.0. The van der Waals surface area contributed by atoms with Gasteiger partial charge in [0.1, 0.15) is 5.69 Å². The van der Waals surface area contributed by atoms with Gasteiger partial charge < -0.3 is 10.4 Å². The van der Waals surface area contributed by atoms with E-state index in [0.29, 0.717) is 17.5 Å². The number of aliphatic hydroxyl groups excluding tert-OH is 1. The van der Waals surface area contributed by atoms with Gasteiger partial charge in [-0.2, -0.15) is 5.10 Å². The Morgan fingerprint density at radius 2 is 2.27 bits per heavy atom. The zero-order chi connectivity index (χ0) is 15.1. The number of aromatic nitrogens is 2. The SMILES string of the molecule is O=C(N[C@@H](c1cccs1)C1CC(O)C1)c1cc(C2CC2)[nH]n1. The third kappa shape index (κ3) is 2.68. The first kappa shape index (κ1) is 14.0. The van der Waals surface area contributed by atoms with Crippen LogP contribution in [0.3, 0.4) is 0 Å². The predicted molar refractivity (Wildman–Crippen MR) is 83.8 cm³/mol. The fourth-order valence-electron chi connectivity index (χ4n) is 3.06. The van der Waals surface area contributed by atoms with Crippen molar-refractivity contribution in [2.24, 2.45) is 5.92 Å². The molecule has 0 unspecified atom stereocenters. The molecule has 6 heteroatoms. The molecule has 2 aromatic rings. The summed E-state index contributed by atoms with van der Waals surface area (Å²) in [5.41, 5.74) is 1.53. The Labute approximate surface area is 132 Å². The average molecular weight is 317 g/mol. The van der Waals surface area contributed by atoms with E-state index in [4.69, 9.17) is 0 Å². The lowest BCUT2D eigenvalue weighted by Crippen LogP contribution is -2.41. The predicted octanol–water partition coefficient (Wildman–Crippen LogP) is 2.59. The van der Waals surface area contributed by atoms with Crippen LogP contribution in [0.1, 0.15) is 58.7 Å². The van der Waals surface area contributed by atoms with Crippen LogP contribution >= 0.6 is 11.3 Å². The van der Waals surface area contributed by atoms with Crippen molar-refractivity contribution >= 4 is 17.2 Å². The molecule has 0 aromatic carbocycles. The Kier molecular flexibility index (Phi) is 3.50. The number of H-pyrrole nitrogens is 1. The van der Waals surface area contributed by atoms with Crippen molar-refractivity contribution in [2.75, 3.05) is 0 Å². The maximum atomic E-state index is 12.5. The van der Waals surface area contributed by atoms with Gasteiger partial charge in [-0.05, 0) is 49.1 Å². The molecule has 0 spiro atoms. The molecule has 2 aromatic heterocycles.